The third-order valence-electron chi connectivity index (χ3n) is 3.91. The fourth-order valence-corrected chi connectivity index (χ4v) is 2.57. The number of hydrogen-bond acceptors (Lipinski definition) is 7. The number of allylic oxidation sites excluding steroid dienone is 1. The summed E-state index contributed by atoms with van der Waals surface area (Å²) in [5.74, 6) is -2.54. The maximum atomic E-state index is 12.1. The van der Waals surface area contributed by atoms with Gasteiger partial charge in [0.2, 0.25) is 6.04 Å². The summed E-state index contributed by atoms with van der Waals surface area (Å²) in [7, 11) is 2.26. The van der Waals surface area contributed by atoms with Crippen LogP contribution < -0.4 is 0 Å². The highest BCUT2D eigenvalue weighted by Crippen LogP contribution is 2.34. The van der Waals surface area contributed by atoms with Gasteiger partial charge in [-0.15, -0.1) is 6.58 Å². The van der Waals surface area contributed by atoms with Gasteiger partial charge in [-0.3, -0.25) is 19.7 Å². The predicted octanol–water partition coefficient (Wildman–Crippen LogP) is 1.55. The smallest absolute Gasteiger partial charge is 0.323 e. The number of esters is 2. The molecule has 8 nitrogen and oxygen atoms in total. The van der Waals surface area contributed by atoms with Crippen molar-refractivity contribution >= 4 is 18.2 Å². The molecule has 0 bridgehead atoms. The maximum absolute atomic E-state index is 12.1. The van der Waals surface area contributed by atoms with Gasteiger partial charge in [0.15, 0.2) is 5.41 Å². The van der Waals surface area contributed by atoms with Crippen molar-refractivity contribution in [1.82, 2.24) is 0 Å². The summed E-state index contributed by atoms with van der Waals surface area (Å²) in [5, 5.41) is 11.0. The lowest BCUT2D eigenvalue weighted by Crippen LogP contribution is -2.42. The Morgan fingerprint density at radius 1 is 1.30 bits per heavy atom. The van der Waals surface area contributed by atoms with Crippen LogP contribution in [0.15, 0.2) is 12.7 Å². The van der Waals surface area contributed by atoms with Crippen LogP contribution in [0, 0.1) is 21.4 Å². The van der Waals surface area contributed by atoms with E-state index < -0.39 is 34.2 Å². The van der Waals surface area contributed by atoms with Gasteiger partial charge in [0.05, 0.1) is 20.1 Å². The van der Waals surface area contributed by atoms with E-state index in [1.165, 1.54) is 6.08 Å². The lowest BCUT2D eigenvalue weighted by Gasteiger charge is -2.28. The van der Waals surface area contributed by atoms with E-state index in [-0.39, 0.29) is 25.7 Å². The molecule has 0 spiro atoms. The van der Waals surface area contributed by atoms with Crippen molar-refractivity contribution in [3.05, 3.63) is 22.8 Å². The first kappa shape index (κ1) is 20.8. The summed E-state index contributed by atoms with van der Waals surface area (Å²) < 4.78 is 9.36. The molecule has 0 amide bonds. The van der Waals surface area contributed by atoms with E-state index >= 15 is 0 Å². The molecule has 0 unspecified atom stereocenters. The third kappa shape index (κ3) is 4.87. The molecule has 0 aliphatic carbocycles. The van der Waals surface area contributed by atoms with Crippen LogP contribution in [0.5, 0.6) is 0 Å². The van der Waals surface area contributed by atoms with Gasteiger partial charge >= 0.3 is 11.9 Å². The van der Waals surface area contributed by atoms with Crippen LogP contribution in [0.4, 0.5) is 0 Å². The number of rotatable bonds is 11. The lowest BCUT2D eigenvalue weighted by molar-refractivity contribution is -0.529. The van der Waals surface area contributed by atoms with Gasteiger partial charge in [0.25, 0.3) is 0 Å². The number of hydrogen-bond donors (Lipinski definition) is 0. The number of nitrogens with zero attached hydrogens (tertiary/aromatic N) is 1. The first-order valence-corrected chi connectivity index (χ1v) is 7.21. The van der Waals surface area contributed by atoms with Gasteiger partial charge in [0.1, 0.15) is 6.29 Å². The molecule has 0 fully saturated rings. The van der Waals surface area contributed by atoms with Crippen LogP contribution in [0.2, 0.25) is 0 Å². The zero-order chi connectivity index (χ0) is 18.0. The van der Waals surface area contributed by atoms with Gasteiger partial charge in [-0.1, -0.05) is 13.0 Å². The van der Waals surface area contributed by atoms with Crippen molar-refractivity contribution in [3.8, 4) is 0 Å². The van der Waals surface area contributed by atoms with Crippen molar-refractivity contribution in [2.24, 2.45) is 11.3 Å². The van der Waals surface area contributed by atoms with E-state index in [0.717, 1.165) is 14.2 Å². The molecular weight excluding hydrogens is 306 g/mol. The molecule has 2 atom stereocenters. The number of ether oxygens (including phenoxy) is 2. The molecule has 0 heterocycles. The van der Waals surface area contributed by atoms with E-state index in [0.29, 0.717) is 6.29 Å². The van der Waals surface area contributed by atoms with Gasteiger partial charge in [-0.2, -0.15) is 0 Å². The Labute approximate surface area is 135 Å². The van der Waals surface area contributed by atoms with Crippen LogP contribution in [0.25, 0.3) is 0 Å². The lowest BCUT2D eigenvalue weighted by atomic mass is 9.77. The average molecular weight is 329 g/mol. The highest BCUT2D eigenvalue weighted by molar-refractivity contribution is 6.00. The van der Waals surface area contributed by atoms with Crippen LogP contribution in [-0.4, -0.2) is 43.4 Å². The molecule has 0 N–H and O–H groups in total. The van der Waals surface area contributed by atoms with Crippen molar-refractivity contribution in [3.63, 3.8) is 0 Å². The monoisotopic (exact) mass is 329 g/mol. The summed E-state index contributed by atoms with van der Waals surface area (Å²) in [5.41, 5.74) is -1.65. The number of carbonyl (C=O) groups is 3. The molecule has 0 aliphatic heterocycles. The molecule has 0 aromatic carbocycles. The zero-order valence-corrected chi connectivity index (χ0v) is 13.6. The van der Waals surface area contributed by atoms with Crippen LogP contribution in [0.3, 0.4) is 0 Å². The molecule has 8 heteroatoms. The maximum Gasteiger partial charge on any atom is 0.323 e. The number of methoxy groups -OCH3 is 2. The Morgan fingerprint density at radius 3 is 2.13 bits per heavy atom. The van der Waals surface area contributed by atoms with Gasteiger partial charge in [-0.05, 0) is 19.3 Å². The number of carbonyl (C=O) groups excluding carboxylic acids is 3. The highest BCUT2D eigenvalue weighted by atomic mass is 16.6. The molecule has 0 radical (unpaired) electrons. The summed E-state index contributed by atoms with van der Waals surface area (Å²) in [4.78, 5) is 45.9. The van der Waals surface area contributed by atoms with Crippen molar-refractivity contribution in [1.29, 1.82) is 0 Å². The fourth-order valence-electron chi connectivity index (χ4n) is 2.57. The standard InChI is InChI=1S/C15H23NO7/c1-5-8-15(13(18)22-3,14(19)23-4)9-7-11(10-17)12(6-2)16(20)21/h5,10-12H,1,6-9H2,2-4H3/t11-,12-/m0/s1. The van der Waals surface area contributed by atoms with Crippen LogP contribution >= 0.6 is 0 Å². The SMILES string of the molecule is C=CCC(CC[C@@H](C=O)[C@H](CC)[N+](=O)[O-])(C(=O)OC)C(=O)OC. The number of aldehydes is 1. The molecular formula is C15H23NO7. The molecule has 0 rings (SSSR count). The Kier molecular flexibility index (Phi) is 8.75. The average Bonchev–Trinajstić information content (AvgIpc) is 2.55. The minimum atomic E-state index is -1.65. The van der Waals surface area contributed by atoms with E-state index in [9.17, 15) is 24.5 Å². The van der Waals surface area contributed by atoms with Gasteiger partial charge in [-0.25, -0.2) is 0 Å². The normalized spacial score (nSPS) is 13.5. The Hall–Kier alpha value is -2.25. The first-order valence-electron chi connectivity index (χ1n) is 7.21. The van der Waals surface area contributed by atoms with E-state index in [1.807, 2.05) is 0 Å². The third-order valence-corrected chi connectivity index (χ3v) is 3.91. The summed E-state index contributed by atoms with van der Waals surface area (Å²) in [6.45, 7) is 5.11. The summed E-state index contributed by atoms with van der Waals surface area (Å²) in [6.07, 6.45) is 1.86. The molecule has 0 aliphatic rings. The molecule has 0 saturated carbocycles. The second kappa shape index (κ2) is 9.70. The Balaban J connectivity index is 5.48. The number of nitro groups is 1. The van der Waals surface area contributed by atoms with E-state index in [4.69, 9.17) is 0 Å². The van der Waals surface area contributed by atoms with Crippen molar-refractivity contribution in [2.45, 2.75) is 38.6 Å². The quantitative estimate of drug-likeness (QED) is 0.141. The second-order valence-electron chi connectivity index (χ2n) is 5.16. The van der Waals surface area contributed by atoms with Crippen LogP contribution in [-0.2, 0) is 23.9 Å². The molecule has 130 valence electrons. The van der Waals surface area contributed by atoms with Gasteiger partial charge < -0.3 is 14.3 Å². The van der Waals surface area contributed by atoms with E-state index in [1.54, 1.807) is 6.92 Å². The molecule has 0 aromatic heterocycles. The summed E-state index contributed by atoms with van der Waals surface area (Å²) in [6, 6.07) is -1.07. The largest absolute Gasteiger partial charge is 0.468 e. The van der Waals surface area contributed by atoms with E-state index in [2.05, 4.69) is 16.1 Å². The minimum Gasteiger partial charge on any atom is -0.468 e. The highest BCUT2D eigenvalue weighted by Gasteiger charge is 2.48. The summed E-state index contributed by atoms with van der Waals surface area (Å²) >= 11 is 0. The first-order chi connectivity index (χ1) is 10.8. The van der Waals surface area contributed by atoms with Crippen molar-refractivity contribution in [2.75, 3.05) is 14.2 Å². The fraction of sp³-hybridized carbons (Fsp3) is 0.667. The molecule has 0 aromatic rings. The molecule has 0 saturated heterocycles. The van der Waals surface area contributed by atoms with Crippen molar-refractivity contribution < 1.29 is 28.8 Å². The molecule has 23 heavy (non-hydrogen) atoms. The van der Waals surface area contributed by atoms with Gasteiger partial charge in [0, 0.05) is 11.3 Å². The van der Waals surface area contributed by atoms with Crippen LogP contribution in [0.1, 0.15) is 32.6 Å². The predicted molar refractivity (Wildman–Crippen MR) is 81.1 cm³/mol. The zero-order valence-electron chi connectivity index (χ0n) is 13.6. The Morgan fingerprint density at radius 2 is 1.83 bits per heavy atom. The topological polar surface area (TPSA) is 113 Å². The minimum absolute atomic E-state index is 0.0129. The second-order valence-corrected chi connectivity index (χ2v) is 5.16. The Bertz CT molecular complexity index is 445.